The Labute approximate surface area is 204 Å². The molecule has 4 rings (SSSR count). The second-order valence-electron chi connectivity index (χ2n) is 8.73. The van der Waals surface area contributed by atoms with Gasteiger partial charge in [0.2, 0.25) is 0 Å². The Balaban J connectivity index is 1.62. The van der Waals surface area contributed by atoms with Crippen LogP contribution >= 0.6 is 0 Å². The van der Waals surface area contributed by atoms with E-state index >= 15 is 0 Å². The van der Waals surface area contributed by atoms with E-state index < -0.39 is 5.97 Å². The Morgan fingerprint density at radius 2 is 1.80 bits per heavy atom. The lowest BCUT2D eigenvalue weighted by molar-refractivity contribution is 0.0697. The Bertz CT molecular complexity index is 1360. The molecule has 1 aromatic heterocycles. The van der Waals surface area contributed by atoms with Crippen molar-refractivity contribution in [2.75, 3.05) is 20.3 Å². The normalized spacial score (nSPS) is 11.2. The number of carboxylic acid groups (broad SMARTS) is 1. The topological polar surface area (TPSA) is 93.5 Å². The van der Waals surface area contributed by atoms with Crippen molar-refractivity contribution in [3.63, 3.8) is 0 Å². The summed E-state index contributed by atoms with van der Waals surface area (Å²) in [6.07, 6.45) is 0. The molecule has 180 valence electrons. The lowest BCUT2D eigenvalue weighted by Gasteiger charge is -2.09. The fourth-order valence-corrected chi connectivity index (χ4v) is 4.14. The molecule has 1 amide bonds. The van der Waals surface area contributed by atoms with Crippen molar-refractivity contribution in [2.24, 2.45) is 0 Å². The van der Waals surface area contributed by atoms with Gasteiger partial charge in [0.15, 0.2) is 0 Å². The van der Waals surface area contributed by atoms with Crippen LogP contribution < -0.4 is 5.32 Å². The number of hydrogen-bond donors (Lipinski definition) is 2. The van der Waals surface area contributed by atoms with Crippen molar-refractivity contribution in [3.05, 3.63) is 89.1 Å². The molecule has 0 unspecified atom stereocenters. The molecule has 2 N–H and O–H groups in total. The first-order chi connectivity index (χ1) is 16.9. The Hall–Kier alpha value is -3.97. The van der Waals surface area contributed by atoms with Gasteiger partial charge in [-0.15, -0.1) is 0 Å². The summed E-state index contributed by atoms with van der Waals surface area (Å²) >= 11 is 0. The first kappa shape index (κ1) is 24.2. The summed E-state index contributed by atoms with van der Waals surface area (Å²) in [5.74, 6) is -0.885. The van der Waals surface area contributed by atoms with Crippen LogP contribution in [0.3, 0.4) is 0 Å². The maximum absolute atomic E-state index is 12.5. The highest BCUT2D eigenvalue weighted by atomic mass is 16.5. The van der Waals surface area contributed by atoms with Crippen molar-refractivity contribution in [1.29, 1.82) is 0 Å². The van der Waals surface area contributed by atoms with E-state index in [1.165, 1.54) is 0 Å². The van der Waals surface area contributed by atoms with E-state index in [4.69, 9.17) is 9.84 Å². The van der Waals surface area contributed by atoms with Gasteiger partial charge in [-0.2, -0.15) is 5.10 Å². The van der Waals surface area contributed by atoms with E-state index in [2.05, 4.69) is 19.2 Å². The molecule has 0 radical (unpaired) electrons. The second-order valence-corrected chi connectivity index (χ2v) is 8.73. The Morgan fingerprint density at radius 3 is 2.49 bits per heavy atom. The molecule has 3 aromatic carbocycles. The van der Waals surface area contributed by atoms with Gasteiger partial charge in [0, 0.05) is 24.6 Å². The number of amides is 1. The van der Waals surface area contributed by atoms with Crippen LogP contribution in [-0.2, 0) is 11.3 Å². The largest absolute Gasteiger partial charge is 0.478 e. The van der Waals surface area contributed by atoms with E-state index in [9.17, 15) is 14.7 Å². The first-order valence-electron chi connectivity index (χ1n) is 11.6. The van der Waals surface area contributed by atoms with Crippen molar-refractivity contribution < 1.29 is 19.4 Å². The van der Waals surface area contributed by atoms with Gasteiger partial charge in [0.05, 0.1) is 29.9 Å². The summed E-state index contributed by atoms with van der Waals surface area (Å²) in [4.78, 5) is 24.1. The number of ether oxygens (including phenoxy) is 1. The van der Waals surface area contributed by atoms with Crippen LogP contribution in [0, 0.1) is 0 Å². The number of hydrogen-bond acceptors (Lipinski definition) is 4. The highest BCUT2D eigenvalue weighted by molar-refractivity contribution is 5.99. The number of carbonyl (C=O) groups excluding carboxylic acids is 1. The van der Waals surface area contributed by atoms with Crippen molar-refractivity contribution >= 4 is 22.8 Å². The molecule has 0 saturated carbocycles. The van der Waals surface area contributed by atoms with Gasteiger partial charge >= 0.3 is 5.97 Å². The van der Waals surface area contributed by atoms with Gasteiger partial charge in [-0.25, -0.2) is 4.79 Å². The minimum atomic E-state index is -0.944. The number of nitrogens with one attached hydrogen (secondary N) is 1. The third-order valence-corrected chi connectivity index (χ3v) is 5.93. The Kier molecular flexibility index (Phi) is 7.27. The maximum Gasteiger partial charge on any atom is 0.336 e. The van der Waals surface area contributed by atoms with E-state index in [-0.39, 0.29) is 17.4 Å². The number of carbonyl (C=O) groups is 2. The van der Waals surface area contributed by atoms with Crippen LogP contribution in [0.5, 0.6) is 0 Å². The van der Waals surface area contributed by atoms with Crippen molar-refractivity contribution in [3.8, 4) is 11.1 Å². The molecule has 0 aliphatic carbocycles. The minimum Gasteiger partial charge on any atom is -0.478 e. The number of rotatable bonds is 9. The smallest absolute Gasteiger partial charge is 0.336 e. The molecule has 35 heavy (non-hydrogen) atoms. The molecule has 1 heterocycles. The fourth-order valence-electron chi connectivity index (χ4n) is 4.14. The van der Waals surface area contributed by atoms with E-state index in [0.717, 1.165) is 27.7 Å². The minimum absolute atomic E-state index is 0.136. The molecular weight excluding hydrogens is 442 g/mol. The van der Waals surface area contributed by atoms with Crippen LogP contribution in [0.2, 0.25) is 0 Å². The van der Waals surface area contributed by atoms with E-state index in [1.807, 2.05) is 59.3 Å². The number of carboxylic acids is 1. The molecule has 0 aliphatic rings. The zero-order chi connectivity index (χ0) is 24.9. The van der Waals surface area contributed by atoms with Crippen LogP contribution in [0.1, 0.15) is 51.7 Å². The van der Waals surface area contributed by atoms with Crippen molar-refractivity contribution in [2.45, 2.75) is 26.3 Å². The first-order valence-corrected chi connectivity index (χ1v) is 11.6. The maximum atomic E-state index is 12.5. The third-order valence-electron chi connectivity index (χ3n) is 5.93. The number of methoxy groups -OCH3 is 1. The van der Waals surface area contributed by atoms with Gasteiger partial charge in [-0.3, -0.25) is 9.48 Å². The van der Waals surface area contributed by atoms with E-state index in [1.54, 1.807) is 19.2 Å². The van der Waals surface area contributed by atoms with Crippen LogP contribution in [0.15, 0.2) is 66.7 Å². The average molecular weight is 472 g/mol. The SMILES string of the molecule is COCCNC(=O)c1ccc2c(c1)c(C(C)C)nn2Cc1ccc(-c2ccccc2C(=O)O)cc1. The number of aromatic carboxylic acids is 1. The molecule has 7 heteroatoms. The van der Waals surface area contributed by atoms with Crippen LogP contribution in [0.4, 0.5) is 0 Å². The molecule has 0 spiro atoms. The van der Waals surface area contributed by atoms with E-state index in [0.29, 0.717) is 30.8 Å². The summed E-state index contributed by atoms with van der Waals surface area (Å²) in [6.45, 7) is 5.65. The molecule has 0 saturated heterocycles. The monoisotopic (exact) mass is 471 g/mol. The zero-order valence-corrected chi connectivity index (χ0v) is 20.1. The zero-order valence-electron chi connectivity index (χ0n) is 20.1. The predicted molar refractivity (Wildman–Crippen MR) is 136 cm³/mol. The molecule has 0 aliphatic heterocycles. The number of benzene rings is 3. The number of fused-ring (bicyclic) bond motifs is 1. The molecule has 0 bridgehead atoms. The number of nitrogens with zero attached hydrogens (tertiary/aromatic N) is 2. The molecule has 4 aromatic rings. The second kappa shape index (κ2) is 10.5. The predicted octanol–water partition coefficient (Wildman–Crippen LogP) is 4.95. The number of aromatic nitrogens is 2. The quantitative estimate of drug-likeness (QED) is 0.337. The summed E-state index contributed by atoms with van der Waals surface area (Å²) in [5.41, 5.74) is 5.36. The molecule has 0 fully saturated rings. The third kappa shape index (κ3) is 5.25. The molecule has 7 nitrogen and oxygen atoms in total. The molecule has 0 atom stereocenters. The van der Waals surface area contributed by atoms with Crippen LogP contribution in [0.25, 0.3) is 22.0 Å². The standard InChI is InChI=1S/C28H29N3O4/c1-18(2)26-24-16-21(27(32)29-14-15-35-3)12-13-25(24)31(30-26)17-19-8-10-20(11-9-19)22-6-4-5-7-23(22)28(33)34/h4-13,16,18H,14-15,17H2,1-3H3,(H,29,32)(H,33,34). The van der Waals surface area contributed by atoms with Gasteiger partial charge < -0.3 is 15.2 Å². The summed E-state index contributed by atoms with van der Waals surface area (Å²) < 4.78 is 6.96. The summed E-state index contributed by atoms with van der Waals surface area (Å²) in [7, 11) is 1.60. The van der Waals surface area contributed by atoms with Crippen LogP contribution in [-0.4, -0.2) is 47.0 Å². The van der Waals surface area contributed by atoms with Gasteiger partial charge in [-0.1, -0.05) is 56.3 Å². The van der Waals surface area contributed by atoms with Gasteiger partial charge in [0.1, 0.15) is 0 Å². The van der Waals surface area contributed by atoms with Gasteiger partial charge in [-0.05, 0) is 46.9 Å². The molecular formula is C28H29N3O4. The van der Waals surface area contributed by atoms with Gasteiger partial charge in [0.25, 0.3) is 5.91 Å². The lowest BCUT2D eigenvalue weighted by Crippen LogP contribution is -2.26. The fraction of sp³-hybridized carbons (Fsp3) is 0.250. The highest BCUT2D eigenvalue weighted by Gasteiger charge is 2.17. The summed E-state index contributed by atoms with van der Waals surface area (Å²) in [5, 5.41) is 18.2. The lowest BCUT2D eigenvalue weighted by atomic mass is 9.99. The van der Waals surface area contributed by atoms with Crippen molar-refractivity contribution in [1.82, 2.24) is 15.1 Å². The average Bonchev–Trinajstić information content (AvgIpc) is 3.22. The highest BCUT2D eigenvalue weighted by Crippen LogP contribution is 2.28. The Morgan fingerprint density at radius 1 is 1.06 bits per heavy atom. The summed E-state index contributed by atoms with van der Waals surface area (Å²) in [6, 6.07) is 20.5.